The van der Waals surface area contributed by atoms with Gasteiger partial charge in [0.1, 0.15) is 41.0 Å². The number of para-hydroxylation sites is 1. The van der Waals surface area contributed by atoms with Crippen molar-refractivity contribution in [2.24, 2.45) is 0 Å². The van der Waals surface area contributed by atoms with Crippen LogP contribution in [0.1, 0.15) is 37.2 Å². The van der Waals surface area contributed by atoms with E-state index in [1.165, 1.54) is 12.8 Å². The van der Waals surface area contributed by atoms with E-state index in [-0.39, 0.29) is 28.7 Å². The number of rotatable bonds is 8. The standard InChI is InChI=1S/C27H29N9O2/c1-17(31-24-19(16-28)23(29)33-27(30)34-24)25-32-20-10-7-11-21(38-15-14-35-12-5-6-13-35)22(20)26(37)36(25)18-8-3-2-4-9-18/h2-4,7-11,17H,5-6,12-15H2,1H3,(H5,29,30,31,33,34)/t17-/m0/s1. The van der Waals surface area contributed by atoms with E-state index < -0.39 is 6.04 Å². The number of fused-ring (bicyclic) bond motifs is 1. The minimum Gasteiger partial charge on any atom is -0.491 e. The summed E-state index contributed by atoms with van der Waals surface area (Å²) in [5.41, 5.74) is 12.6. The molecular formula is C27H29N9O2. The third kappa shape index (κ3) is 4.94. The van der Waals surface area contributed by atoms with E-state index in [0.29, 0.717) is 34.8 Å². The van der Waals surface area contributed by atoms with Crippen molar-refractivity contribution in [2.75, 3.05) is 43.0 Å². The lowest BCUT2D eigenvalue weighted by molar-refractivity contribution is 0.239. The Morgan fingerprint density at radius 2 is 1.84 bits per heavy atom. The van der Waals surface area contributed by atoms with Crippen molar-refractivity contribution >= 4 is 28.5 Å². The zero-order valence-corrected chi connectivity index (χ0v) is 21.1. The van der Waals surface area contributed by atoms with Crippen molar-refractivity contribution in [1.82, 2.24) is 24.4 Å². The van der Waals surface area contributed by atoms with Gasteiger partial charge in [-0.3, -0.25) is 14.3 Å². The molecule has 1 atom stereocenters. The van der Waals surface area contributed by atoms with Crippen LogP contribution in [0, 0.1) is 11.3 Å². The normalized spacial score (nSPS) is 14.3. The smallest absolute Gasteiger partial charge is 0.269 e. The fourth-order valence-electron chi connectivity index (χ4n) is 4.73. The first-order chi connectivity index (χ1) is 18.5. The Hall–Kier alpha value is -4.69. The predicted molar refractivity (Wildman–Crippen MR) is 146 cm³/mol. The van der Waals surface area contributed by atoms with E-state index in [4.69, 9.17) is 21.2 Å². The number of aromatic nitrogens is 4. The summed E-state index contributed by atoms with van der Waals surface area (Å²) in [5, 5.41) is 13.1. The summed E-state index contributed by atoms with van der Waals surface area (Å²) >= 11 is 0. The summed E-state index contributed by atoms with van der Waals surface area (Å²) in [7, 11) is 0. The van der Waals surface area contributed by atoms with Gasteiger partial charge in [0.25, 0.3) is 5.56 Å². The molecule has 38 heavy (non-hydrogen) atoms. The maximum Gasteiger partial charge on any atom is 0.269 e. The van der Waals surface area contributed by atoms with Gasteiger partial charge in [0.15, 0.2) is 5.82 Å². The summed E-state index contributed by atoms with van der Waals surface area (Å²) in [6, 6.07) is 16.1. The van der Waals surface area contributed by atoms with Gasteiger partial charge in [0.05, 0.1) is 17.2 Å². The Morgan fingerprint density at radius 3 is 2.58 bits per heavy atom. The molecular weight excluding hydrogens is 482 g/mol. The number of hydrogen-bond acceptors (Lipinski definition) is 10. The van der Waals surface area contributed by atoms with Gasteiger partial charge in [-0.05, 0) is 57.1 Å². The highest BCUT2D eigenvalue weighted by atomic mass is 16.5. The Balaban J connectivity index is 1.58. The van der Waals surface area contributed by atoms with Crippen LogP contribution in [0.2, 0.25) is 0 Å². The molecule has 1 fully saturated rings. The molecule has 1 saturated heterocycles. The van der Waals surface area contributed by atoms with Crippen LogP contribution >= 0.6 is 0 Å². The molecule has 4 aromatic rings. The molecule has 0 bridgehead atoms. The van der Waals surface area contributed by atoms with Crippen molar-refractivity contribution in [3.8, 4) is 17.5 Å². The van der Waals surface area contributed by atoms with Gasteiger partial charge in [0, 0.05) is 6.54 Å². The van der Waals surface area contributed by atoms with Gasteiger partial charge in [0.2, 0.25) is 5.95 Å². The molecule has 5 N–H and O–H groups in total. The highest BCUT2D eigenvalue weighted by Crippen LogP contribution is 2.27. The zero-order valence-electron chi connectivity index (χ0n) is 21.1. The highest BCUT2D eigenvalue weighted by Gasteiger charge is 2.22. The van der Waals surface area contributed by atoms with Crippen LogP contribution in [0.15, 0.2) is 53.3 Å². The average molecular weight is 512 g/mol. The predicted octanol–water partition coefficient (Wildman–Crippen LogP) is 2.86. The minimum absolute atomic E-state index is 0.0302. The summed E-state index contributed by atoms with van der Waals surface area (Å²) in [5.74, 6) is 0.982. The van der Waals surface area contributed by atoms with Crippen LogP contribution in [0.5, 0.6) is 5.75 Å². The molecule has 1 aliphatic rings. The Labute approximate surface area is 219 Å². The van der Waals surface area contributed by atoms with E-state index in [0.717, 1.165) is 19.6 Å². The lowest BCUT2D eigenvalue weighted by Crippen LogP contribution is -2.28. The maximum atomic E-state index is 14.1. The van der Waals surface area contributed by atoms with Gasteiger partial charge >= 0.3 is 0 Å². The van der Waals surface area contributed by atoms with Crippen LogP contribution in [0.25, 0.3) is 16.6 Å². The third-order valence-corrected chi connectivity index (χ3v) is 6.57. The fourth-order valence-corrected chi connectivity index (χ4v) is 4.73. The van der Waals surface area contributed by atoms with Crippen molar-refractivity contribution < 1.29 is 4.74 Å². The number of anilines is 3. The molecule has 0 unspecified atom stereocenters. The van der Waals surface area contributed by atoms with Crippen LogP contribution in [-0.2, 0) is 0 Å². The zero-order chi connectivity index (χ0) is 26.6. The number of nitrogen functional groups attached to an aromatic ring is 2. The van der Waals surface area contributed by atoms with Crippen LogP contribution in [0.4, 0.5) is 17.6 Å². The summed E-state index contributed by atoms with van der Waals surface area (Å²) in [6.07, 6.45) is 2.41. The fraction of sp³-hybridized carbons (Fsp3) is 0.296. The van der Waals surface area contributed by atoms with Crippen LogP contribution < -0.4 is 27.1 Å². The number of nitrogens with two attached hydrogens (primary N) is 2. The number of likely N-dealkylation sites (tertiary alicyclic amines) is 1. The highest BCUT2D eigenvalue weighted by molar-refractivity contribution is 5.84. The Kier molecular flexibility index (Phi) is 7.06. The monoisotopic (exact) mass is 511 g/mol. The van der Waals surface area contributed by atoms with E-state index in [1.54, 1.807) is 16.7 Å². The maximum absolute atomic E-state index is 14.1. The van der Waals surface area contributed by atoms with Gasteiger partial charge in [-0.1, -0.05) is 24.3 Å². The molecule has 0 radical (unpaired) electrons. The minimum atomic E-state index is -0.562. The molecule has 5 rings (SSSR count). The molecule has 11 heteroatoms. The first kappa shape index (κ1) is 25.0. The van der Waals surface area contributed by atoms with Crippen molar-refractivity contribution in [3.05, 3.63) is 70.3 Å². The average Bonchev–Trinajstić information content (AvgIpc) is 3.42. The van der Waals surface area contributed by atoms with Crippen LogP contribution in [-0.4, -0.2) is 50.7 Å². The number of hydrogen-bond donors (Lipinski definition) is 3. The van der Waals surface area contributed by atoms with E-state index in [2.05, 4.69) is 20.2 Å². The van der Waals surface area contributed by atoms with E-state index in [1.807, 2.05) is 49.4 Å². The van der Waals surface area contributed by atoms with Crippen molar-refractivity contribution in [3.63, 3.8) is 0 Å². The lowest BCUT2D eigenvalue weighted by Gasteiger charge is -2.21. The summed E-state index contributed by atoms with van der Waals surface area (Å²) < 4.78 is 7.66. The Bertz CT molecular complexity index is 1560. The molecule has 11 nitrogen and oxygen atoms in total. The van der Waals surface area contributed by atoms with Crippen molar-refractivity contribution in [2.45, 2.75) is 25.8 Å². The van der Waals surface area contributed by atoms with Gasteiger partial charge in [-0.25, -0.2) is 4.98 Å². The molecule has 2 aromatic carbocycles. The number of nitrogens with zero attached hydrogens (tertiary/aromatic N) is 6. The molecule has 194 valence electrons. The van der Waals surface area contributed by atoms with Gasteiger partial charge in [-0.2, -0.15) is 15.2 Å². The molecule has 1 aliphatic heterocycles. The topological polar surface area (TPSA) is 161 Å². The Morgan fingerprint density at radius 1 is 1.08 bits per heavy atom. The second-order valence-electron chi connectivity index (χ2n) is 9.16. The second kappa shape index (κ2) is 10.7. The molecule has 0 saturated carbocycles. The first-order valence-corrected chi connectivity index (χ1v) is 12.5. The molecule has 0 aliphatic carbocycles. The quantitative estimate of drug-likeness (QED) is 0.321. The first-order valence-electron chi connectivity index (χ1n) is 12.5. The molecule has 0 spiro atoms. The summed E-state index contributed by atoms with van der Waals surface area (Å²) in [6.45, 7) is 5.26. The summed E-state index contributed by atoms with van der Waals surface area (Å²) in [4.78, 5) is 29.3. The van der Waals surface area contributed by atoms with Gasteiger partial charge < -0.3 is 21.5 Å². The lowest BCUT2D eigenvalue weighted by atomic mass is 10.1. The van der Waals surface area contributed by atoms with E-state index >= 15 is 0 Å². The van der Waals surface area contributed by atoms with Gasteiger partial charge in [-0.15, -0.1) is 0 Å². The number of nitriles is 1. The number of nitrogens with one attached hydrogen (secondary N) is 1. The number of ether oxygens (including phenoxy) is 1. The molecule has 2 aromatic heterocycles. The number of benzene rings is 2. The van der Waals surface area contributed by atoms with Crippen molar-refractivity contribution in [1.29, 1.82) is 5.26 Å². The largest absolute Gasteiger partial charge is 0.491 e. The molecule has 0 amide bonds. The van der Waals surface area contributed by atoms with Crippen LogP contribution in [0.3, 0.4) is 0 Å². The second-order valence-corrected chi connectivity index (χ2v) is 9.16. The van der Waals surface area contributed by atoms with E-state index in [9.17, 15) is 10.1 Å². The molecule has 3 heterocycles. The third-order valence-electron chi connectivity index (χ3n) is 6.57. The SMILES string of the molecule is C[C@H](Nc1nc(N)nc(N)c1C#N)c1nc2cccc(OCCN3CCCC3)c2c(=O)n1-c1ccccc1.